The molecule has 0 unspecified atom stereocenters. The van der Waals surface area contributed by atoms with Crippen LogP contribution in [0.1, 0.15) is 51.0 Å². The van der Waals surface area contributed by atoms with Crippen molar-refractivity contribution in [3.8, 4) is 0 Å². The van der Waals surface area contributed by atoms with Crippen LogP contribution >= 0.6 is 0 Å². The van der Waals surface area contributed by atoms with Crippen LogP contribution in [-0.2, 0) is 16.1 Å². The van der Waals surface area contributed by atoms with E-state index in [0.717, 1.165) is 18.4 Å². The maximum absolute atomic E-state index is 12.0. The highest BCUT2D eigenvalue weighted by molar-refractivity contribution is 5.71. The lowest BCUT2D eigenvalue weighted by molar-refractivity contribution is -0.145. The second kappa shape index (κ2) is 5.45. The molecule has 2 atom stereocenters. The molecule has 0 aliphatic heterocycles. The molecule has 3 rings (SSSR count). The summed E-state index contributed by atoms with van der Waals surface area (Å²) in [6.07, 6.45) is 6.05. The average molecular weight is 288 g/mol. The van der Waals surface area contributed by atoms with Crippen LogP contribution in [0.4, 0.5) is 0 Å². The van der Waals surface area contributed by atoms with Gasteiger partial charge in [-0.05, 0) is 25.3 Å². The molecule has 3 nitrogen and oxygen atoms in total. The van der Waals surface area contributed by atoms with Crippen LogP contribution < -0.4 is 0 Å². The Bertz CT molecular complexity index is 500. The van der Waals surface area contributed by atoms with E-state index < -0.39 is 5.60 Å². The van der Waals surface area contributed by atoms with E-state index in [0.29, 0.717) is 13.0 Å². The van der Waals surface area contributed by atoms with E-state index in [9.17, 15) is 9.90 Å². The summed E-state index contributed by atoms with van der Waals surface area (Å²) in [6.45, 7) is 2.22. The van der Waals surface area contributed by atoms with Gasteiger partial charge in [-0.25, -0.2) is 0 Å². The third kappa shape index (κ3) is 2.59. The normalized spacial score (nSPS) is 30.1. The summed E-state index contributed by atoms with van der Waals surface area (Å²) in [5.74, 6) is -0.111. The SMILES string of the molecule is C[C@]1(O)[C@H](CC(=O)OCc2ccccc2)C12CCCCC2. The lowest BCUT2D eigenvalue weighted by Crippen LogP contribution is -2.19. The number of aliphatic hydroxyl groups is 1. The monoisotopic (exact) mass is 288 g/mol. The molecule has 1 aromatic rings. The molecule has 0 radical (unpaired) electrons. The maximum Gasteiger partial charge on any atom is 0.306 e. The van der Waals surface area contributed by atoms with Gasteiger partial charge in [-0.2, -0.15) is 0 Å². The molecule has 0 bridgehead atoms. The van der Waals surface area contributed by atoms with Crippen molar-refractivity contribution >= 4 is 5.97 Å². The molecular weight excluding hydrogens is 264 g/mol. The van der Waals surface area contributed by atoms with E-state index in [2.05, 4.69) is 0 Å². The number of hydrogen-bond donors (Lipinski definition) is 1. The lowest BCUT2D eigenvalue weighted by Gasteiger charge is -2.24. The number of ether oxygens (including phenoxy) is 1. The molecule has 2 aliphatic rings. The molecule has 3 heteroatoms. The van der Waals surface area contributed by atoms with Crippen molar-refractivity contribution in [2.24, 2.45) is 11.3 Å². The number of benzene rings is 1. The first-order valence-corrected chi connectivity index (χ1v) is 7.98. The van der Waals surface area contributed by atoms with Gasteiger partial charge in [0.25, 0.3) is 0 Å². The molecule has 114 valence electrons. The first-order valence-electron chi connectivity index (χ1n) is 7.98. The summed E-state index contributed by atoms with van der Waals surface area (Å²) in [5, 5.41) is 10.6. The van der Waals surface area contributed by atoms with E-state index in [4.69, 9.17) is 4.74 Å². The summed E-state index contributed by atoms with van der Waals surface area (Å²) in [5.41, 5.74) is 0.303. The minimum atomic E-state index is -0.681. The van der Waals surface area contributed by atoms with Gasteiger partial charge < -0.3 is 9.84 Å². The zero-order valence-electron chi connectivity index (χ0n) is 12.7. The standard InChI is InChI=1S/C18H24O3/c1-17(20)15(18(17)10-6-3-7-11-18)12-16(19)21-13-14-8-4-2-5-9-14/h2,4-5,8-9,15,20H,3,6-7,10-13H2,1H3/t15-,17-/m0/s1. The average Bonchev–Trinajstić information content (AvgIpc) is 2.93. The van der Waals surface area contributed by atoms with Crippen LogP contribution in [0.3, 0.4) is 0 Å². The fourth-order valence-electron chi connectivity index (χ4n) is 4.25. The maximum atomic E-state index is 12.0. The van der Waals surface area contributed by atoms with E-state index in [1.165, 1.54) is 19.3 Å². The van der Waals surface area contributed by atoms with Crippen molar-refractivity contribution < 1.29 is 14.6 Å². The van der Waals surface area contributed by atoms with E-state index in [1.807, 2.05) is 37.3 Å². The van der Waals surface area contributed by atoms with Crippen LogP contribution in [0.5, 0.6) is 0 Å². The first kappa shape index (κ1) is 14.6. The molecule has 1 aromatic carbocycles. The van der Waals surface area contributed by atoms with Gasteiger partial charge in [0.2, 0.25) is 0 Å². The number of hydrogen-bond acceptors (Lipinski definition) is 3. The molecule has 2 saturated carbocycles. The molecule has 0 saturated heterocycles. The van der Waals surface area contributed by atoms with Crippen molar-refractivity contribution in [2.45, 2.75) is 57.7 Å². The van der Waals surface area contributed by atoms with Crippen LogP contribution in [0, 0.1) is 11.3 Å². The highest BCUT2D eigenvalue weighted by Crippen LogP contribution is 2.70. The molecule has 0 aromatic heterocycles. The Morgan fingerprint density at radius 2 is 1.90 bits per heavy atom. The Morgan fingerprint density at radius 1 is 1.24 bits per heavy atom. The van der Waals surface area contributed by atoms with Gasteiger partial charge >= 0.3 is 5.97 Å². The summed E-state index contributed by atoms with van der Waals surface area (Å²) in [7, 11) is 0. The van der Waals surface area contributed by atoms with Gasteiger partial charge in [0, 0.05) is 11.3 Å². The molecule has 1 N–H and O–H groups in total. The van der Waals surface area contributed by atoms with Crippen molar-refractivity contribution in [1.82, 2.24) is 0 Å². The van der Waals surface area contributed by atoms with E-state index in [1.54, 1.807) is 0 Å². The Kier molecular flexibility index (Phi) is 3.78. The molecule has 2 fully saturated rings. The van der Waals surface area contributed by atoms with Crippen LogP contribution in [0.15, 0.2) is 30.3 Å². The van der Waals surface area contributed by atoms with Crippen molar-refractivity contribution in [1.29, 1.82) is 0 Å². The van der Waals surface area contributed by atoms with E-state index in [-0.39, 0.29) is 17.3 Å². The largest absolute Gasteiger partial charge is 0.461 e. The fourth-order valence-corrected chi connectivity index (χ4v) is 4.25. The zero-order valence-corrected chi connectivity index (χ0v) is 12.7. The predicted molar refractivity (Wildman–Crippen MR) is 80.5 cm³/mol. The molecular formula is C18H24O3. The number of carbonyl (C=O) groups excluding carboxylic acids is 1. The minimum absolute atomic E-state index is 0.0168. The summed E-state index contributed by atoms with van der Waals surface area (Å²) in [4.78, 5) is 12.0. The smallest absolute Gasteiger partial charge is 0.306 e. The Hall–Kier alpha value is -1.35. The van der Waals surface area contributed by atoms with Crippen LogP contribution in [0.25, 0.3) is 0 Å². The minimum Gasteiger partial charge on any atom is -0.461 e. The topological polar surface area (TPSA) is 46.5 Å². The summed E-state index contributed by atoms with van der Waals surface area (Å²) in [6, 6.07) is 9.71. The van der Waals surface area contributed by atoms with Gasteiger partial charge in [0.05, 0.1) is 12.0 Å². The number of rotatable bonds is 4. The molecule has 0 amide bonds. The van der Waals surface area contributed by atoms with Gasteiger partial charge in [-0.1, -0.05) is 49.6 Å². The lowest BCUT2D eigenvalue weighted by atomic mass is 9.82. The predicted octanol–water partition coefficient (Wildman–Crippen LogP) is 3.45. The number of esters is 1. The molecule has 0 heterocycles. The Labute approximate surface area is 126 Å². The van der Waals surface area contributed by atoms with Crippen molar-refractivity contribution in [3.05, 3.63) is 35.9 Å². The third-order valence-electron chi connectivity index (χ3n) is 5.63. The second-order valence-electron chi connectivity index (χ2n) is 6.77. The molecule has 21 heavy (non-hydrogen) atoms. The first-order chi connectivity index (χ1) is 10.1. The van der Waals surface area contributed by atoms with Gasteiger partial charge in [-0.3, -0.25) is 4.79 Å². The molecule has 1 spiro atoms. The third-order valence-corrected chi connectivity index (χ3v) is 5.63. The molecule has 2 aliphatic carbocycles. The Balaban J connectivity index is 1.53. The quantitative estimate of drug-likeness (QED) is 0.863. The second-order valence-corrected chi connectivity index (χ2v) is 6.77. The highest BCUT2D eigenvalue weighted by atomic mass is 16.5. The number of carbonyl (C=O) groups is 1. The fraction of sp³-hybridized carbons (Fsp3) is 0.611. The highest BCUT2D eigenvalue weighted by Gasteiger charge is 2.72. The van der Waals surface area contributed by atoms with Crippen molar-refractivity contribution in [2.75, 3.05) is 0 Å². The van der Waals surface area contributed by atoms with Gasteiger partial charge in [0.15, 0.2) is 0 Å². The zero-order chi connectivity index (χ0) is 14.9. The summed E-state index contributed by atoms with van der Waals surface area (Å²) < 4.78 is 5.36. The van der Waals surface area contributed by atoms with Gasteiger partial charge in [-0.15, -0.1) is 0 Å². The van der Waals surface area contributed by atoms with Crippen molar-refractivity contribution in [3.63, 3.8) is 0 Å². The van der Waals surface area contributed by atoms with Crippen LogP contribution in [0.2, 0.25) is 0 Å². The van der Waals surface area contributed by atoms with Gasteiger partial charge in [0.1, 0.15) is 6.61 Å². The van der Waals surface area contributed by atoms with E-state index >= 15 is 0 Å². The Morgan fingerprint density at radius 3 is 2.57 bits per heavy atom. The summed E-state index contributed by atoms with van der Waals surface area (Å²) >= 11 is 0. The van der Waals surface area contributed by atoms with Crippen LogP contribution in [-0.4, -0.2) is 16.7 Å².